The number of nitrogens with one attached hydrogen (secondary N) is 2. The maximum atomic E-state index is 11.6. The monoisotopic (exact) mass is 285 g/mol. The minimum Gasteiger partial charge on any atom is -0.481 e. The van der Waals surface area contributed by atoms with Gasteiger partial charge in [0.2, 0.25) is 5.89 Å². The topological polar surface area (TPSA) is 142 Å². The summed E-state index contributed by atoms with van der Waals surface area (Å²) in [6.45, 7) is 3.29. The molecule has 1 heterocycles. The molecule has 1 unspecified atom stereocenters. The van der Waals surface area contributed by atoms with E-state index in [-0.39, 0.29) is 5.89 Å². The molecule has 0 spiro atoms. The summed E-state index contributed by atoms with van der Waals surface area (Å²) in [4.78, 5) is 36.8. The number of aryl methyl sites for hydroxylation is 1. The van der Waals surface area contributed by atoms with E-state index in [0.717, 1.165) is 0 Å². The van der Waals surface area contributed by atoms with Gasteiger partial charge in [-0.25, -0.2) is 14.6 Å². The van der Waals surface area contributed by atoms with Crippen molar-refractivity contribution in [2.24, 2.45) is 0 Å². The molecule has 9 nitrogen and oxygen atoms in total. The molecule has 110 valence electrons. The lowest BCUT2D eigenvalue weighted by molar-refractivity contribution is -0.145. The van der Waals surface area contributed by atoms with Crippen LogP contribution in [0.25, 0.3) is 0 Å². The Morgan fingerprint density at radius 3 is 2.45 bits per heavy atom. The largest absolute Gasteiger partial charge is 0.481 e. The molecule has 0 aliphatic rings. The number of carboxylic acids is 2. The molecular formula is C11H15N3O6. The van der Waals surface area contributed by atoms with Crippen molar-refractivity contribution in [2.45, 2.75) is 32.4 Å². The number of aromatic nitrogens is 1. The molecule has 0 radical (unpaired) electrons. The zero-order valence-electron chi connectivity index (χ0n) is 10.9. The van der Waals surface area contributed by atoms with Gasteiger partial charge >= 0.3 is 18.0 Å². The summed E-state index contributed by atoms with van der Waals surface area (Å²) in [5.74, 6) is -1.91. The fraction of sp³-hybridized carbons (Fsp3) is 0.455. The average molecular weight is 285 g/mol. The molecule has 0 fully saturated rings. The number of hydrogen-bond acceptors (Lipinski definition) is 5. The molecule has 0 aromatic carbocycles. The van der Waals surface area contributed by atoms with E-state index in [9.17, 15) is 14.4 Å². The van der Waals surface area contributed by atoms with Crippen molar-refractivity contribution in [1.29, 1.82) is 0 Å². The number of urea groups is 1. The predicted octanol–water partition coefficient (Wildman–Crippen LogP) is 0.271. The number of nitrogens with zero attached hydrogens (tertiary/aromatic N) is 1. The lowest BCUT2D eigenvalue weighted by Crippen LogP contribution is -2.47. The van der Waals surface area contributed by atoms with Crippen molar-refractivity contribution >= 4 is 18.0 Å². The molecule has 1 rings (SSSR count). The molecule has 2 amide bonds. The van der Waals surface area contributed by atoms with Crippen LogP contribution in [0.2, 0.25) is 0 Å². The van der Waals surface area contributed by atoms with Crippen LogP contribution < -0.4 is 10.6 Å². The van der Waals surface area contributed by atoms with Crippen LogP contribution in [-0.2, 0) is 9.59 Å². The van der Waals surface area contributed by atoms with Crippen molar-refractivity contribution in [3.63, 3.8) is 0 Å². The molecule has 20 heavy (non-hydrogen) atoms. The van der Waals surface area contributed by atoms with Gasteiger partial charge in [-0.15, -0.1) is 0 Å². The molecule has 0 aliphatic heterocycles. The number of hydrogen-bond donors (Lipinski definition) is 4. The van der Waals surface area contributed by atoms with E-state index in [0.29, 0.717) is 5.76 Å². The Bertz CT molecular complexity index is 512. The number of carbonyl (C=O) groups excluding carboxylic acids is 1. The van der Waals surface area contributed by atoms with Crippen molar-refractivity contribution in [3.8, 4) is 0 Å². The zero-order valence-corrected chi connectivity index (χ0v) is 10.9. The van der Waals surface area contributed by atoms with Gasteiger partial charge in [0.15, 0.2) is 0 Å². The maximum absolute atomic E-state index is 11.6. The quantitative estimate of drug-likeness (QED) is 0.587. The highest BCUT2D eigenvalue weighted by atomic mass is 16.4. The van der Waals surface area contributed by atoms with Crippen LogP contribution in [0.5, 0.6) is 0 Å². The summed E-state index contributed by atoms with van der Waals surface area (Å²) in [5, 5.41) is 21.8. The third-order valence-corrected chi connectivity index (χ3v) is 2.34. The van der Waals surface area contributed by atoms with E-state index >= 15 is 0 Å². The lowest BCUT2D eigenvalue weighted by atomic mass is 10.2. The van der Waals surface area contributed by atoms with Crippen LogP contribution in [0, 0.1) is 6.92 Å². The van der Waals surface area contributed by atoms with E-state index in [2.05, 4.69) is 15.6 Å². The molecule has 0 aliphatic carbocycles. The Morgan fingerprint density at radius 2 is 2.00 bits per heavy atom. The summed E-state index contributed by atoms with van der Waals surface area (Å²) in [5.41, 5.74) is 0. The van der Waals surface area contributed by atoms with Gasteiger partial charge in [-0.3, -0.25) is 4.79 Å². The van der Waals surface area contributed by atoms with Gasteiger partial charge in [-0.1, -0.05) is 0 Å². The fourth-order valence-corrected chi connectivity index (χ4v) is 1.41. The van der Waals surface area contributed by atoms with Crippen LogP contribution in [0.3, 0.4) is 0 Å². The third kappa shape index (κ3) is 4.59. The van der Waals surface area contributed by atoms with Crippen LogP contribution in [-0.4, -0.2) is 39.2 Å². The highest BCUT2D eigenvalue weighted by Gasteiger charge is 2.24. The SMILES string of the molecule is Cc1cnc(C(C)NC(=O)N[C@@H](CC(=O)O)C(=O)O)o1. The predicted molar refractivity (Wildman–Crippen MR) is 65.0 cm³/mol. The molecule has 1 aromatic rings. The summed E-state index contributed by atoms with van der Waals surface area (Å²) < 4.78 is 5.20. The molecule has 0 bridgehead atoms. The Hall–Kier alpha value is -2.58. The van der Waals surface area contributed by atoms with E-state index in [1.807, 2.05) is 0 Å². The zero-order chi connectivity index (χ0) is 15.3. The van der Waals surface area contributed by atoms with Crippen LogP contribution >= 0.6 is 0 Å². The number of carboxylic acid groups (broad SMARTS) is 2. The van der Waals surface area contributed by atoms with E-state index < -0.39 is 36.5 Å². The molecule has 1 aromatic heterocycles. The van der Waals surface area contributed by atoms with E-state index in [1.54, 1.807) is 13.8 Å². The fourth-order valence-electron chi connectivity index (χ4n) is 1.41. The van der Waals surface area contributed by atoms with Crippen molar-refractivity contribution < 1.29 is 29.0 Å². The summed E-state index contributed by atoms with van der Waals surface area (Å²) in [6, 6.07) is -2.91. The van der Waals surface area contributed by atoms with Gasteiger partial charge in [0.1, 0.15) is 17.8 Å². The second-order valence-corrected chi connectivity index (χ2v) is 4.14. The molecular weight excluding hydrogens is 270 g/mol. The first-order valence-electron chi connectivity index (χ1n) is 5.73. The third-order valence-electron chi connectivity index (χ3n) is 2.34. The van der Waals surface area contributed by atoms with Gasteiger partial charge < -0.3 is 25.3 Å². The van der Waals surface area contributed by atoms with E-state index in [1.165, 1.54) is 6.20 Å². The van der Waals surface area contributed by atoms with Crippen LogP contribution in [0.15, 0.2) is 10.6 Å². The molecule has 4 N–H and O–H groups in total. The Labute approximate surface area is 114 Å². The average Bonchev–Trinajstić information content (AvgIpc) is 2.74. The van der Waals surface area contributed by atoms with Gasteiger partial charge in [0.25, 0.3) is 0 Å². The number of rotatable bonds is 6. The lowest BCUT2D eigenvalue weighted by Gasteiger charge is -2.15. The standard InChI is InChI=1S/C11H15N3O6/c1-5-4-12-9(20-5)6(2)13-11(19)14-7(10(17)18)3-8(15)16/h4,6-7H,3H2,1-2H3,(H,15,16)(H,17,18)(H2,13,14,19)/t6?,7-/m0/s1. The Kier molecular flexibility index (Phi) is 5.07. The number of amides is 2. The first-order valence-corrected chi connectivity index (χ1v) is 5.73. The summed E-state index contributed by atoms with van der Waals surface area (Å²) >= 11 is 0. The number of oxazole rings is 1. The Morgan fingerprint density at radius 1 is 1.35 bits per heavy atom. The summed E-state index contributed by atoms with van der Waals surface area (Å²) in [6.07, 6.45) is 0.769. The second-order valence-electron chi connectivity index (χ2n) is 4.14. The van der Waals surface area contributed by atoms with Gasteiger partial charge in [-0.2, -0.15) is 0 Å². The highest BCUT2D eigenvalue weighted by molar-refractivity contribution is 5.86. The minimum atomic E-state index is -1.51. The van der Waals surface area contributed by atoms with Crippen LogP contribution in [0.1, 0.15) is 31.0 Å². The molecule has 2 atom stereocenters. The highest BCUT2D eigenvalue weighted by Crippen LogP contribution is 2.11. The molecule has 0 saturated carbocycles. The van der Waals surface area contributed by atoms with Crippen molar-refractivity contribution in [1.82, 2.24) is 15.6 Å². The van der Waals surface area contributed by atoms with Crippen molar-refractivity contribution in [2.75, 3.05) is 0 Å². The van der Waals surface area contributed by atoms with E-state index in [4.69, 9.17) is 14.6 Å². The van der Waals surface area contributed by atoms with Crippen molar-refractivity contribution in [3.05, 3.63) is 17.8 Å². The van der Waals surface area contributed by atoms with Gasteiger partial charge in [0, 0.05) is 0 Å². The first kappa shape index (κ1) is 15.5. The normalized spacial score (nSPS) is 13.3. The number of aliphatic carboxylic acids is 2. The number of carbonyl (C=O) groups is 3. The maximum Gasteiger partial charge on any atom is 0.326 e. The first-order chi connectivity index (χ1) is 9.29. The molecule has 9 heteroatoms. The van der Waals surface area contributed by atoms with Gasteiger partial charge in [-0.05, 0) is 13.8 Å². The summed E-state index contributed by atoms with van der Waals surface area (Å²) in [7, 11) is 0. The Balaban J connectivity index is 2.57. The minimum absolute atomic E-state index is 0.266. The second kappa shape index (κ2) is 6.55. The smallest absolute Gasteiger partial charge is 0.326 e. The van der Waals surface area contributed by atoms with Crippen LogP contribution in [0.4, 0.5) is 4.79 Å². The van der Waals surface area contributed by atoms with Gasteiger partial charge in [0.05, 0.1) is 12.6 Å². The molecule has 0 saturated heterocycles.